The lowest BCUT2D eigenvalue weighted by Gasteiger charge is -2.18. The first-order valence-corrected chi connectivity index (χ1v) is 11.4. The third-order valence-corrected chi connectivity index (χ3v) is 5.77. The predicted molar refractivity (Wildman–Crippen MR) is 110 cm³/mol. The van der Waals surface area contributed by atoms with Crippen LogP contribution in [0.3, 0.4) is 0 Å². The summed E-state index contributed by atoms with van der Waals surface area (Å²) in [6.45, 7) is 6.95. The Bertz CT molecular complexity index is 717. The van der Waals surface area contributed by atoms with E-state index >= 15 is 0 Å². The summed E-state index contributed by atoms with van der Waals surface area (Å²) in [6, 6.07) is 5.40. The van der Waals surface area contributed by atoms with Crippen LogP contribution in [0.25, 0.3) is 0 Å². The van der Waals surface area contributed by atoms with Gasteiger partial charge in [0, 0.05) is 19.5 Å². The van der Waals surface area contributed by atoms with Crippen molar-refractivity contribution in [2.24, 2.45) is 0 Å². The predicted octanol–water partition coefficient (Wildman–Crippen LogP) is 2.25. The first-order valence-electron chi connectivity index (χ1n) is 9.93. The lowest BCUT2D eigenvalue weighted by molar-refractivity contribution is -0.123. The fourth-order valence-corrected chi connectivity index (χ4v) is 3.73. The molecule has 158 valence electrons. The molecular weight excluding hydrogens is 378 g/mol. The van der Waals surface area contributed by atoms with Crippen molar-refractivity contribution in [3.8, 4) is 0 Å². The number of hydrogen-bond donors (Lipinski definition) is 3. The van der Waals surface area contributed by atoms with E-state index in [9.17, 15) is 18.0 Å². The highest BCUT2D eigenvalue weighted by atomic mass is 32.2. The fourth-order valence-electron chi connectivity index (χ4n) is 2.50. The molecule has 0 fully saturated rings. The average Bonchev–Trinajstić information content (AvgIpc) is 2.65. The normalized spacial score (nSPS) is 12.4. The number of carbonyl (C=O) groups excluding carboxylic acids is 2. The third-order valence-electron chi connectivity index (χ3n) is 4.29. The second-order valence-electron chi connectivity index (χ2n) is 6.87. The highest BCUT2D eigenvalue weighted by Crippen LogP contribution is 2.12. The Balaban J connectivity index is 2.80. The van der Waals surface area contributed by atoms with Crippen molar-refractivity contribution in [3.63, 3.8) is 0 Å². The van der Waals surface area contributed by atoms with Gasteiger partial charge in [0.25, 0.3) is 0 Å². The molecule has 1 rings (SSSR count). The molecule has 8 heteroatoms. The number of carbonyl (C=O) groups is 2. The Labute approximate surface area is 168 Å². The van der Waals surface area contributed by atoms with E-state index in [2.05, 4.69) is 15.4 Å². The second-order valence-corrected chi connectivity index (χ2v) is 8.59. The maximum absolute atomic E-state index is 12.7. The van der Waals surface area contributed by atoms with Crippen molar-refractivity contribution in [1.82, 2.24) is 15.4 Å². The molecule has 0 heterocycles. The van der Waals surface area contributed by atoms with Crippen LogP contribution in [-0.2, 0) is 19.6 Å². The molecule has 1 atom stereocenters. The van der Waals surface area contributed by atoms with Crippen molar-refractivity contribution < 1.29 is 18.0 Å². The van der Waals surface area contributed by atoms with E-state index in [4.69, 9.17) is 0 Å². The van der Waals surface area contributed by atoms with Crippen LogP contribution >= 0.6 is 0 Å². The van der Waals surface area contributed by atoms with Crippen LogP contribution in [0.15, 0.2) is 29.2 Å². The zero-order valence-electron chi connectivity index (χ0n) is 17.1. The van der Waals surface area contributed by atoms with Crippen LogP contribution in [0.5, 0.6) is 0 Å². The molecule has 1 aromatic carbocycles. The van der Waals surface area contributed by atoms with Crippen molar-refractivity contribution in [3.05, 3.63) is 29.8 Å². The minimum absolute atomic E-state index is 0.0754. The van der Waals surface area contributed by atoms with Gasteiger partial charge in [-0.1, -0.05) is 44.4 Å². The number of sulfonamides is 1. The molecule has 0 bridgehead atoms. The largest absolute Gasteiger partial charge is 0.356 e. The van der Waals surface area contributed by atoms with E-state index < -0.39 is 22.0 Å². The number of unbranched alkanes of at least 4 members (excludes halogenated alkanes) is 2. The highest BCUT2D eigenvalue weighted by Gasteiger charge is 2.26. The van der Waals surface area contributed by atoms with Gasteiger partial charge in [-0.15, -0.1) is 0 Å². The van der Waals surface area contributed by atoms with Crippen molar-refractivity contribution in [1.29, 1.82) is 0 Å². The quantitative estimate of drug-likeness (QED) is 0.433. The summed E-state index contributed by atoms with van der Waals surface area (Å²) in [5.74, 6) is -0.597. The standard InChI is InChI=1S/C20H33N3O4S/c1-4-6-14-21-19(24)13-12-18(20(25)22-15-7-5-2)23-28(26,27)17-10-8-16(3)9-11-17/h8-11,18,23H,4-7,12-15H2,1-3H3,(H,21,24)(H,22,25). The number of nitrogens with one attached hydrogen (secondary N) is 3. The second kappa shape index (κ2) is 12.5. The summed E-state index contributed by atoms with van der Waals surface area (Å²) in [4.78, 5) is 24.5. The summed E-state index contributed by atoms with van der Waals surface area (Å²) < 4.78 is 27.8. The SMILES string of the molecule is CCCCNC(=O)CCC(NS(=O)(=O)c1ccc(C)cc1)C(=O)NCCCC. The highest BCUT2D eigenvalue weighted by molar-refractivity contribution is 7.89. The summed E-state index contributed by atoms with van der Waals surface area (Å²) in [5, 5.41) is 5.53. The first kappa shape index (κ1) is 24.1. The zero-order chi connectivity index (χ0) is 21.0. The summed E-state index contributed by atoms with van der Waals surface area (Å²) in [5.41, 5.74) is 0.941. The lowest BCUT2D eigenvalue weighted by Crippen LogP contribution is -2.47. The van der Waals surface area contributed by atoms with E-state index in [1.807, 2.05) is 20.8 Å². The van der Waals surface area contributed by atoms with Crippen LogP contribution in [0.1, 0.15) is 57.9 Å². The van der Waals surface area contributed by atoms with Crippen LogP contribution in [-0.4, -0.2) is 39.4 Å². The third kappa shape index (κ3) is 8.84. The van der Waals surface area contributed by atoms with E-state index in [1.54, 1.807) is 12.1 Å². The van der Waals surface area contributed by atoms with Crippen LogP contribution in [0.2, 0.25) is 0 Å². The molecule has 0 radical (unpaired) electrons. The molecule has 1 unspecified atom stereocenters. The van der Waals surface area contributed by atoms with E-state index in [0.717, 1.165) is 31.2 Å². The Hall–Kier alpha value is -1.93. The van der Waals surface area contributed by atoms with Gasteiger partial charge in [-0.25, -0.2) is 8.42 Å². The van der Waals surface area contributed by atoms with Crippen LogP contribution in [0.4, 0.5) is 0 Å². The lowest BCUT2D eigenvalue weighted by atomic mass is 10.1. The van der Waals surface area contributed by atoms with Crippen molar-refractivity contribution in [2.45, 2.75) is 70.2 Å². The van der Waals surface area contributed by atoms with Gasteiger partial charge in [-0.3, -0.25) is 9.59 Å². The van der Waals surface area contributed by atoms with Gasteiger partial charge in [-0.2, -0.15) is 4.72 Å². The number of aryl methyl sites for hydroxylation is 1. The van der Waals surface area contributed by atoms with E-state index in [0.29, 0.717) is 13.1 Å². The minimum Gasteiger partial charge on any atom is -0.356 e. The Kier molecular flexibility index (Phi) is 10.8. The van der Waals surface area contributed by atoms with Gasteiger partial charge in [0.1, 0.15) is 6.04 Å². The number of benzene rings is 1. The molecule has 0 saturated heterocycles. The van der Waals surface area contributed by atoms with Crippen molar-refractivity contribution in [2.75, 3.05) is 13.1 Å². The number of rotatable bonds is 13. The molecule has 0 spiro atoms. The number of amides is 2. The van der Waals surface area contributed by atoms with Gasteiger partial charge in [-0.05, 0) is 38.3 Å². The first-order chi connectivity index (χ1) is 13.3. The smallest absolute Gasteiger partial charge is 0.241 e. The minimum atomic E-state index is -3.86. The Morgan fingerprint density at radius 2 is 1.54 bits per heavy atom. The molecule has 0 aliphatic carbocycles. The topological polar surface area (TPSA) is 104 Å². The Morgan fingerprint density at radius 3 is 2.11 bits per heavy atom. The molecule has 7 nitrogen and oxygen atoms in total. The maximum atomic E-state index is 12.7. The van der Waals surface area contributed by atoms with Crippen molar-refractivity contribution >= 4 is 21.8 Å². The zero-order valence-corrected chi connectivity index (χ0v) is 17.9. The van der Waals surface area contributed by atoms with Gasteiger partial charge in [0.2, 0.25) is 21.8 Å². The molecule has 0 aromatic heterocycles. The fraction of sp³-hybridized carbons (Fsp3) is 0.600. The summed E-state index contributed by atoms with van der Waals surface area (Å²) in [6.07, 6.45) is 3.75. The van der Waals surface area contributed by atoms with E-state index in [1.165, 1.54) is 12.1 Å². The molecule has 3 N–H and O–H groups in total. The van der Waals surface area contributed by atoms with E-state index in [-0.39, 0.29) is 23.6 Å². The maximum Gasteiger partial charge on any atom is 0.241 e. The molecule has 0 saturated carbocycles. The van der Waals surface area contributed by atoms with Crippen LogP contribution in [0, 0.1) is 6.92 Å². The molecule has 1 aromatic rings. The number of hydrogen-bond acceptors (Lipinski definition) is 4. The van der Waals surface area contributed by atoms with Crippen LogP contribution < -0.4 is 15.4 Å². The van der Waals surface area contributed by atoms with Gasteiger partial charge in [0.15, 0.2) is 0 Å². The average molecular weight is 412 g/mol. The molecular formula is C20H33N3O4S. The monoisotopic (exact) mass is 411 g/mol. The summed E-state index contributed by atoms with van der Waals surface area (Å²) in [7, 11) is -3.86. The molecule has 0 aliphatic rings. The Morgan fingerprint density at radius 1 is 0.964 bits per heavy atom. The molecule has 0 aliphatic heterocycles. The van der Waals surface area contributed by atoms with Gasteiger partial charge < -0.3 is 10.6 Å². The molecule has 28 heavy (non-hydrogen) atoms. The summed E-state index contributed by atoms with van der Waals surface area (Å²) >= 11 is 0. The van der Waals surface area contributed by atoms with Gasteiger partial charge in [0.05, 0.1) is 4.90 Å². The van der Waals surface area contributed by atoms with Gasteiger partial charge >= 0.3 is 0 Å². The molecule has 2 amide bonds.